The van der Waals surface area contributed by atoms with E-state index in [4.69, 9.17) is 5.11 Å². The third-order valence-electron chi connectivity index (χ3n) is 3.73. The summed E-state index contributed by atoms with van der Waals surface area (Å²) in [6.07, 6.45) is 0.995. The van der Waals surface area contributed by atoms with Crippen molar-refractivity contribution in [1.82, 2.24) is 29.9 Å². The zero-order valence-electron chi connectivity index (χ0n) is 11.6. The Morgan fingerprint density at radius 1 is 1.43 bits per heavy atom. The Bertz CT molecular complexity index is 811. The first-order valence-electron chi connectivity index (χ1n) is 6.83. The number of likely N-dealkylation sites (N-methyl/N-ethyl adjacent to an activating group) is 1. The Hall–Kier alpha value is -1.84. The molecule has 3 aromatic heterocycles. The van der Waals surface area contributed by atoms with Crippen molar-refractivity contribution in [2.45, 2.75) is 13.0 Å². The number of anilines is 1. The maximum absolute atomic E-state index is 9.06. The molecule has 0 amide bonds. The molecule has 9 heteroatoms. The first-order chi connectivity index (χ1) is 10.3. The molecule has 1 aliphatic heterocycles. The van der Waals surface area contributed by atoms with Gasteiger partial charge in [0.15, 0.2) is 0 Å². The number of fused-ring (bicyclic) bond motifs is 5. The van der Waals surface area contributed by atoms with Gasteiger partial charge in [-0.15, -0.1) is 11.3 Å². The van der Waals surface area contributed by atoms with Gasteiger partial charge in [0.1, 0.15) is 10.6 Å². The van der Waals surface area contributed by atoms with Gasteiger partial charge in [-0.2, -0.15) is 9.50 Å². The fourth-order valence-electron chi connectivity index (χ4n) is 2.75. The molecule has 0 fully saturated rings. The summed E-state index contributed by atoms with van der Waals surface area (Å²) in [5.41, 5.74) is 1.33. The predicted octanol–water partition coefficient (Wildman–Crippen LogP) is 0.126. The summed E-state index contributed by atoms with van der Waals surface area (Å²) in [6.45, 7) is 2.50. The van der Waals surface area contributed by atoms with Gasteiger partial charge >= 0.3 is 0 Å². The molecule has 0 unspecified atom stereocenters. The normalized spacial score (nSPS) is 15.7. The van der Waals surface area contributed by atoms with Crippen molar-refractivity contribution in [3.8, 4) is 0 Å². The van der Waals surface area contributed by atoms with Crippen molar-refractivity contribution < 1.29 is 5.11 Å². The minimum atomic E-state index is 0.0638. The summed E-state index contributed by atoms with van der Waals surface area (Å²) in [5, 5.41) is 25.0. The van der Waals surface area contributed by atoms with Gasteiger partial charge in [-0.25, -0.2) is 0 Å². The lowest BCUT2D eigenvalue weighted by Crippen LogP contribution is -2.25. The van der Waals surface area contributed by atoms with Gasteiger partial charge in [-0.3, -0.25) is 0 Å². The molecular formula is C12H15N7OS. The van der Waals surface area contributed by atoms with Gasteiger partial charge in [0.05, 0.1) is 12.0 Å². The van der Waals surface area contributed by atoms with Crippen LogP contribution in [0.2, 0.25) is 0 Å². The molecule has 4 heterocycles. The van der Waals surface area contributed by atoms with Crippen LogP contribution < -0.4 is 5.32 Å². The molecule has 0 saturated carbocycles. The number of nitrogens with one attached hydrogen (secondary N) is 1. The highest BCUT2D eigenvalue weighted by atomic mass is 32.1. The number of aliphatic hydroxyl groups excluding tert-OH is 1. The van der Waals surface area contributed by atoms with E-state index in [1.54, 1.807) is 15.9 Å². The Balaban J connectivity index is 2.00. The highest BCUT2D eigenvalue weighted by Crippen LogP contribution is 2.38. The van der Waals surface area contributed by atoms with E-state index in [1.165, 1.54) is 10.4 Å². The van der Waals surface area contributed by atoms with Crippen molar-refractivity contribution in [2.24, 2.45) is 0 Å². The maximum Gasteiger partial charge on any atom is 0.276 e. The highest BCUT2D eigenvalue weighted by molar-refractivity contribution is 7.19. The first kappa shape index (κ1) is 12.9. The van der Waals surface area contributed by atoms with Crippen molar-refractivity contribution in [3.63, 3.8) is 0 Å². The smallest absolute Gasteiger partial charge is 0.276 e. The van der Waals surface area contributed by atoms with Gasteiger partial charge in [0, 0.05) is 24.5 Å². The van der Waals surface area contributed by atoms with Crippen molar-refractivity contribution in [3.05, 3.63) is 10.4 Å². The summed E-state index contributed by atoms with van der Waals surface area (Å²) in [4.78, 5) is 9.17. The van der Waals surface area contributed by atoms with E-state index in [-0.39, 0.29) is 6.61 Å². The van der Waals surface area contributed by atoms with E-state index in [9.17, 15) is 0 Å². The molecule has 0 radical (unpaired) electrons. The van der Waals surface area contributed by atoms with Crippen LogP contribution in [-0.4, -0.2) is 61.8 Å². The molecule has 0 spiro atoms. The van der Waals surface area contributed by atoms with E-state index in [0.29, 0.717) is 12.3 Å². The second-order valence-electron chi connectivity index (χ2n) is 5.17. The molecule has 0 aliphatic carbocycles. The van der Waals surface area contributed by atoms with Crippen LogP contribution in [0.3, 0.4) is 0 Å². The second-order valence-corrected chi connectivity index (χ2v) is 6.26. The van der Waals surface area contributed by atoms with E-state index in [0.717, 1.165) is 35.5 Å². The number of thiophene rings is 1. The van der Waals surface area contributed by atoms with Crippen LogP contribution in [-0.2, 0) is 13.0 Å². The van der Waals surface area contributed by atoms with Crippen molar-refractivity contribution in [1.29, 1.82) is 0 Å². The fourth-order valence-corrected chi connectivity index (χ4v) is 4.12. The maximum atomic E-state index is 9.06. The SMILES string of the molecule is CN1CCc2c(sc3c2c(NCCO)nc2nnnn23)C1. The number of hydrogen-bond donors (Lipinski definition) is 2. The summed E-state index contributed by atoms with van der Waals surface area (Å²) < 4.78 is 1.70. The van der Waals surface area contributed by atoms with Crippen molar-refractivity contribution in [2.75, 3.05) is 32.1 Å². The summed E-state index contributed by atoms with van der Waals surface area (Å²) in [6, 6.07) is 0. The topological polar surface area (TPSA) is 91.5 Å². The number of aliphatic hydroxyl groups is 1. The minimum absolute atomic E-state index is 0.0638. The zero-order chi connectivity index (χ0) is 14.4. The van der Waals surface area contributed by atoms with Gasteiger partial charge in [0.2, 0.25) is 0 Å². The molecule has 0 aromatic carbocycles. The predicted molar refractivity (Wildman–Crippen MR) is 79.6 cm³/mol. The van der Waals surface area contributed by atoms with Crippen LogP contribution in [0, 0.1) is 0 Å². The van der Waals surface area contributed by atoms with Gasteiger partial charge in [0.25, 0.3) is 5.78 Å². The second kappa shape index (κ2) is 4.86. The molecule has 110 valence electrons. The van der Waals surface area contributed by atoms with Gasteiger partial charge in [-0.1, -0.05) is 5.10 Å². The Labute approximate surface area is 124 Å². The summed E-state index contributed by atoms with van der Waals surface area (Å²) in [5.74, 6) is 1.25. The highest BCUT2D eigenvalue weighted by Gasteiger charge is 2.24. The van der Waals surface area contributed by atoms with Crippen LogP contribution in [0.4, 0.5) is 5.82 Å². The fraction of sp³-hybridized carbons (Fsp3) is 0.500. The largest absolute Gasteiger partial charge is 0.395 e. The molecule has 0 bridgehead atoms. The third kappa shape index (κ3) is 1.96. The van der Waals surface area contributed by atoms with Crippen LogP contribution in [0.25, 0.3) is 16.0 Å². The Kier molecular flexibility index (Phi) is 2.98. The molecule has 2 N–H and O–H groups in total. The van der Waals surface area contributed by atoms with E-state index < -0.39 is 0 Å². The molecular weight excluding hydrogens is 290 g/mol. The summed E-state index contributed by atoms with van der Waals surface area (Å²) in [7, 11) is 2.13. The molecule has 0 saturated heterocycles. The van der Waals surface area contributed by atoms with Gasteiger partial charge < -0.3 is 15.3 Å². The van der Waals surface area contributed by atoms with E-state index in [2.05, 4.69) is 37.8 Å². The van der Waals surface area contributed by atoms with Crippen LogP contribution >= 0.6 is 11.3 Å². The molecule has 4 rings (SSSR count). The monoisotopic (exact) mass is 305 g/mol. The minimum Gasteiger partial charge on any atom is -0.395 e. The lowest BCUT2D eigenvalue weighted by molar-refractivity contribution is 0.311. The van der Waals surface area contributed by atoms with E-state index in [1.807, 2.05) is 0 Å². The number of hydrogen-bond acceptors (Lipinski definition) is 8. The first-order valence-corrected chi connectivity index (χ1v) is 7.65. The molecule has 21 heavy (non-hydrogen) atoms. The number of tetrazole rings is 1. The average Bonchev–Trinajstić information content (AvgIpc) is 3.07. The lowest BCUT2D eigenvalue weighted by Gasteiger charge is -2.22. The number of nitrogens with zero attached hydrogens (tertiary/aromatic N) is 6. The Morgan fingerprint density at radius 3 is 3.19 bits per heavy atom. The standard InChI is InChI=1S/C12H15N7OS/c1-18-4-2-7-8(6-18)21-11-9(7)10(13-3-5-20)14-12-15-16-17-19(11)12/h20H,2-6H2,1H3,(H,13,14,15,17). The molecule has 3 aromatic rings. The van der Waals surface area contributed by atoms with Crippen LogP contribution in [0.1, 0.15) is 10.4 Å². The quantitative estimate of drug-likeness (QED) is 0.710. The number of aromatic nitrogens is 5. The van der Waals surface area contributed by atoms with Crippen molar-refractivity contribution >= 4 is 33.1 Å². The number of rotatable bonds is 3. The molecule has 1 aliphatic rings. The lowest BCUT2D eigenvalue weighted by atomic mass is 10.1. The summed E-state index contributed by atoms with van der Waals surface area (Å²) >= 11 is 1.72. The van der Waals surface area contributed by atoms with Crippen LogP contribution in [0.15, 0.2) is 0 Å². The third-order valence-corrected chi connectivity index (χ3v) is 4.92. The Morgan fingerprint density at radius 2 is 2.33 bits per heavy atom. The molecule has 8 nitrogen and oxygen atoms in total. The zero-order valence-corrected chi connectivity index (χ0v) is 12.4. The van der Waals surface area contributed by atoms with E-state index >= 15 is 0 Å². The molecule has 0 atom stereocenters. The van der Waals surface area contributed by atoms with Gasteiger partial charge in [-0.05, 0) is 29.5 Å². The average molecular weight is 305 g/mol. The van der Waals surface area contributed by atoms with Crippen LogP contribution in [0.5, 0.6) is 0 Å².